The lowest BCUT2D eigenvalue weighted by atomic mass is 10.5. The Bertz CT molecular complexity index is 453. The van der Waals surface area contributed by atoms with E-state index in [1.165, 1.54) is 0 Å². The Morgan fingerprint density at radius 2 is 2.17 bits per heavy atom. The number of aryl methyl sites for hydroxylation is 1. The third-order valence-corrected chi connectivity index (χ3v) is 4.81. The number of aromatic nitrogens is 3. The van der Waals surface area contributed by atoms with Crippen molar-refractivity contribution < 1.29 is 8.42 Å². The third kappa shape index (κ3) is 4.73. The van der Waals surface area contributed by atoms with Crippen LogP contribution in [0.2, 0.25) is 0 Å². The minimum atomic E-state index is -3.01. The lowest BCUT2D eigenvalue weighted by molar-refractivity contribution is 0.569. The van der Waals surface area contributed by atoms with Crippen molar-refractivity contribution >= 4 is 9.84 Å². The molecule has 1 aromatic rings. The summed E-state index contributed by atoms with van der Waals surface area (Å²) in [5.41, 5.74) is 0. The first-order chi connectivity index (χ1) is 8.45. The largest absolute Gasteiger partial charge is 0.310 e. The first-order valence-corrected chi connectivity index (χ1v) is 7.98. The van der Waals surface area contributed by atoms with Crippen LogP contribution in [-0.2, 0) is 22.9 Å². The van der Waals surface area contributed by atoms with Crippen molar-refractivity contribution in [2.45, 2.75) is 45.5 Å². The molecule has 0 radical (unpaired) electrons. The molecule has 0 unspecified atom stereocenters. The molecule has 0 aliphatic carbocycles. The van der Waals surface area contributed by atoms with Gasteiger partial charge in [-0.25, -0.2) is 13.4 Å². The zero-order valence-corrected chi connectivity index (χ0v) is 12.1. The molecule has 0 atom stereocenters. The smallest absolute Gasteiger partial charge is 0.164 e. The van der Waals surface area contributed by atoms with E-state index in [2.05, 4.69) is 22.3 Å². The number of hydrogen-bond donors (Lipinski definition) is 1. The summed E-state index contributed by atoms with van der Waals surface area (Å²) in [6.45, 7) is 7.39. The van der Waals surface area contributed by atoms with E-state index in [4.69, 9.17) is 0 Å². The Morgan fingerprint density at radius 1 is 1.44 bits per heavy atom. The molecule has 0 aliphatic rings. The van der Waals surface area contributed by atoms with Gasteiger partial charge in [0.15, 0.2) is 15.7 Å². The number of rotatable bonds is 8. The maximum atomic E-state index is 11.6. The van der Waals surface area contributed by atoms with E-state index < -0.39 is 9.84 Å². The lowest BCUT2D eigenvalue weighted by Gasteiger charge is -2.06. The van der Waals surface area contributed by atoms with Gasteiger partial charge in [-0.3, -0.25) is 4.68 Å². The summed E-state index contributed by atoms with van der Waals surface area (Å²) in [6.07, 6.45) is 2.64. The van der Waals surface area contributed by atoms with E-state index in [9.17, 15) is 8.42 Å². The van der Waals surface area contributed by atoms with Crippen molar-refractivity contribution in [1.82, 2.24) is 20.1 Å². The molecule has 0 spiro atoms. The van der Waals surface area contributed by atoms with Crippen molar-refractivity contribution in [2.24, 2.45) is 0 Å². The Hall–Kier alpha value is -0.950. The zero-order valence-electron chi connectivity index (χ0n) is 11.3. The van der Waals surface area contributed by atoms with Gasteiger partial charge in [0.25, 0.3) is 0 Å². The van der Waals surface area contributed by atoms with E-state index >= 15 is 0 Å². The summed E-state index contributed by atoms with van der Waals surface area (Å²) in [5, 5.41) is 7.08. The van der Waals surface area contributed by atoms with Crippen LogP contribution >= 0.6 is 0 Å². The van der Waals surface area contributed by atoms with Crippen molar-refractivity contribution in [3.8, 4) is 0 Å². The molecule has 0 saturated carbocycles. The third-order valence-electron chi connectivity index (χ3n) is 2.62. The molecular formula is C11H22N4O2S. The monoisotopic (exact) mass is 274 g/mol. The van der Waals surface area contributed by atoms with Crippen molar-refractivity contribution in [3.05, 3.63) is 12.2 Å². The average Bonchev–Trinajstić information content (AvgIpc) is 2.75. The Morgan fingerprint density at radius 3 is 2.78 bits per heavy atom. The van der Waals surface area contributed by atoms with Gasteiger partial charge in [-0.2, -0.15) is 5.10 Å². The molecule has 0 amide bonds. The van der Waals surface area contributed by atoms with Crippen molar-refractivity contribution in [1.29, 1.82) is 0 Å². The molecule has 1 heterocycles. The summed E-state index contributed by atoms with van der Waals surface area (Å²) >= 11 is 0. The average molecular weight is 274 g/mol. The van der Waals surface area contributed by atoms with Crippen LogP contribution in [0.4, 0.5) is 0 Å². The molecule has 1 rings (SSSR count). The van der Waals surface area contributed by atoms with Crippen molar-refractivity contribution in [3.63, 3.8) is 0 Å². The highest BCUT2D eigenvalue weighted by Crippen LogP contribution is 2.01. The fraction of sp³-hybridized carbons (Fsp3) is 0.818. The van der Waals surface area contributed by atoms with Gasteiger partial charge < -0.3 is 5.32 Å². The number of nitrogens with one attached hydrogen (secondary N) is 1. The highest BCUT2D eigenvalue weighted by molar-refractivity contribution is 7.91. The molecule has 18 heavy (non-hydrogen) atoms. The SMILES string of the molecule is CCCNCc1ncn(CCS(=O)(=O)C(C)C)n1. The predicted molar refractivity (Wildman–Crippen MR) is 70.9 cm³/mol. The lowest BCUT2D eigenvalue weighted by Crippen LogP contribution is -2.21. The molecule has 0 aromatic carbocycles. The van der Waals surface area contributed by atoms with Crippen LogP contribution in [0.25, 0.3) is 0 Å². The Balaban J connectivity index is 2.45. The maximum Gasteiger partial charge on any atom is 0.164 e. The topological polar surface area (TPSA) is 76.9 Å². The minimum absolute atomic E-state index is 0.107. The maximum absolute atomic E-state index is 11.6. The Kier molecular flexibility index (Phi) is 5.74. The van der Waals surface area contributed by atoms with Crippen LogP contribution in [0, 0.1) is 0 Å². The highest BCUT2D eigenvalue weighted by Gasteiger charge is 2.16. The quantitative estimate of drug-likeness (QED) is 0.703. The second-order valence-electron chi connectivity index (χ2n) is 4.52. The van der Waals surface area contributed by atoms with Gasteiger partial charge in [0.1, 0.15) is 6.33 Å². The van der Waals surface area contributed by atoms with Gasteiger partial charge in [-0.15, -0.1) is 0 Å². The molecular weight excluding hydrogens is 252 g/mol. The fourth-order valence-corrected chi connectivity index (χ4v) is 2.27. The van der Waals surface area contributed by atoms with E-state index in [1.54, 1.807) is 24.9 Å². The number of sulfone groups is 1. The van der Waals surface area contributed by atoms with Crippen molar-refractivity contribution in [2.75, 3.05) is 12.3 Å². The van der Waals surface area contributed by atoms with Crippen LogP contribution in [-0.4, -0.2) is 40.7 Å². The van der Waals surface area contributed by atoms with Gasteiger partial charge in [-0.1, -0.05) is 6.92 Å². The summed E-state index contributed by atoms with van der Waals surface area (Å²) in [5.74, 6) is 0.806. The minimum Gasteiger partial charge on any atom is -0.310 e. The molecule has 104 valence electrons. The van der Waals surface area contributed by atoms with Crippen LogP contribution in [0.15, 0.2) is 6.33 Å². The van der Waals surface area contributed by atoms with E-state index in [0.29, 0.717) is 18.9 Å². The molecule has 0 saturated heterocycles. The van der Waals surface area contributed by atoms with E-state index in [0.717, 1.165) is 13.0 Å². The highest BCUT2D eigenvalue weighted by atomic mass is 32.2. The molecule has 6 nitrogen and oxygen atoms in total. The normalized spacial score (nSPS) is 12.2. The Labute approximate surface area is 109 Å². The molecule has 0 bridgehead atoms. The van der Waals surface area contributed by atoms with Crippen LogP contribution in [0.5, 0.6) is 0 Å². The van der Waals surface area contributed by atoms with Gasteiger partial charge in [0, 0.05) is 0 Å². The number of hydrogen-bond acceptors (Lipinski definition) is 5. The second kappa shape index (κ2) is 6.84. The standard InChI is InChI=1S/C11H22N4O2S/c1-4-5-12-8-11-13-9-15(14-11)6-7-18(16,17)10(2)3/h9-10,12H,4-8H2,1-3H3. The summed E-state index contributed by atoms with van der Waals surface area (Å²) in [4.78, 5) is 4.13. The van der Waals surface area contributed by atoms with Gasteiger partial charge >= 0.3 is 0 Å². The molecule has 0 fully saturated rings. The summed E-state index contributed by atoms with van der Waals surface area (Å²) in [6, 6.07) is 0. The zero-order chi connectivity index (χ0) is 13.6. The first kappa shape index (κ1) is 15.1. The van der Waals surface area contributed by atoms with Crippen LogP contribution in [0.3, 0.4) is 0 Å². The van der Waals surface area contributed by atoms with E-state index in [1.807, 2.05) is 0 Å². The second-order valence-corrected chi connectivity index (χ2v) is 7.19. The fourth-order valence-electron chi connectivity index (χ4n) is 1.36. The van der Waals surface area contributed by atoms with Crippen LogP contribution < -0.4 is 5.32 Å². The molecule has 7 heteroatoms. The first-order valence-electron chi connectivity index (χ1n) is 6.26. The van der Waals surface area contributed by atoms with Gasteiger partial charge in [0.2, 0.25) is 0 Å². The van der Waals surface area contributed by atoms with Crippen LogP contribution in [0.1, 0.15) is 33.0 Å². The van der Waals surface area contributed by atoms with E-state index in [-0.39, 0.29) is 11.0 Å². The molecule has 1 N–H and O–H groups in total. The molecule has 0 aliphatic heterocycles. The van der Waals surface area contributed by atoms with Gasteiger partial charge in [-0.05, 0) is 26.8 Å². The van der Waals surface area contributed by atoms with Gasteiger partial charge in [0.05, 0.1) is 24.1 Å². The summed E-state index contributed by atoms with van der Waals surface area (Å²) < 4.78 is 24.9. The number of nitrogens with zero attached hydrogens (tertiary/aromatic N) is 3. The predicted octanol–water partition coefficient (Wildman–Crippen LogP) is 0.601. The molecule has 1 aromatic heterocycles. The summed E-state index contributed by atoms with van der Waals surface area (Å²) in [7, 11) is -3.01.